The number of hydrogen-bond donors (Lipinski definition) is 1. The van der Waals surface area contributed by atoms with Crippen molar-refractivity contribution in [3.63, 3.8) is 0 Å². The van der Waals surface area contributed by atoms with Crippen molar-refractivity contribution >= 4 is 21.6 Å². The normalized spacial score (nSPS) is 20.2. The van der Waals surface area contributed by atoms with Crippen molar-refractivity contribution < 1.29 is 0 Å². The summed E-state index contributed by atoms with van der Waals surface area (Å²) in [6.45, 7) is 4.40. The fourth-order valence-electron chi connectivity index (χ4n) is 2.28. The highest BCUT2D eigenvalue weighted by atomic mass is 79.9. The van der Waals surface area contributed by atoms with Gasteiger partial charge in [-0.25, -0.2) is 4.68 Å². The molecule has 1 aliphatic heterocycles. The van der Waals surface area contributed by atoms with Gasteiger partial charge in [0.05, 0.1) is 11.9 Å². The molecule has 2 heterocycles. The van der Waals surface area contributed by atoms with E-state index in [0.717, 1.165) is 38.0 Å². The van der Waals surface area contributed by atoms with E-state index in [-0.39, 0.29) is 11.6 Å². The van der Waals surface area contributed by atoms with Crippen LogP contribution >= 0.6 is 15.9 Å². The summed E-state index contributed by atoms with van der Waals surface area (Å²) in [5.74, 6) is 0. The second-order valence-corrected chi connectivity index (χ2v) is 5.51. The molecule has 0 spiro atoms. The van der Waals surface area contributed by atoms with Gasteiger partial charge in [-0.1, -0.05) is 6.92 Å². The maximum absolute atomic E-state index is 12.1. The SMILES string of the molecule is CCCn1ncc(N2CCC[C@@H](N)C2)c(Br)c1=O. The zero-order valence-electron chi connectivity index (χ0n) is 10.6. The van der Waals surface area contributed by atoms with E-state index in [1.54, 1.807) is 6.20 Å². The largest absolute Gasteiger partial charge is 0.368 e. The fraction of sp³-hybridized carbons (Fsp3) is 0.667. The number of hydrogen-bond acceptors (Lipinski definition) is 4. The van der Waals surface area contributed by atoms with E-state index in [9.17, 15) is 4.79 Å². The highest BCUT2D eigenvalue weighted by Gasteiger charge is 2.20. The third-order valence-electron chi connectivity index (χ3n) is 3.20. The maximum atomic E-state index is 12.1. The van der Waals surface area contributed by atoms with Crippen LogP contribution in [0.3, 0.4) is 0 Å². The Morgan fingerprint density at radius 1 is 1.61 bits per heavy atom. The third kappa shape index (κ3) is 2.75. The molecule has 18 heavy (non-hydrogen) atoms. The quantitative estimate of drug-likeness (QED) is 0.914. The molecule has 2 rings (SSSR count). The van der Waals surface area contributed by atoms with Crippen LogP contribution in [0.15, 0.2) is 15.5 Å². The lowest BCUT2D eigenvalue weighted by molar-refractivity contribution is 0.501. The molecule has 0 bridgehead atoms. The van der Waals surface area contributed by atoms with Gasteiger partial charge < -0.3 is 10.6 Å². The summed E-state index contributed by atoms with van der Waals surface area (Å²) in [6, 6.07) is 0.184. The van der Waals surface area contributed by atoms with E-state index >= 15 is 0 Å². The van der Waals surface area contributed by atoms with Gasteiger partial charge in [0.15, 0.2) is 0 Å². The Balaban J connectivity index is 2.29. The summed E-state index contributed by atoms with van der Waals surface area (Å²) in [4.78, 5) is 14.2. The maximum Gasteiger partial charge on any atom is 0.283 e. The molecule has 1 aliphatic rings. The van der Waals surface area contributed by atoms with Crippen molar-refractivity contribution in [3.8, 4) is 0 Å². The summed E-state index contributed by atoms with van der Waals surface area (Å²) < 4.78 is 2.09. The van der Waals surface area contributed by atoms with Crippen molar-refractivity contribution in [1.82, 2.24) is 9.78 Å². The van der Waals surface area contributed by atoms with Crippen LogP contribution in [-0.4, -0.2) is 28.9 Å². The molecule has 1 fully saturated rings. The predicted molar refractivity (Wildman–Crippen MR) is 75.9 cm³/mol. The molecule has 5 nitrogen and oxygen atoms in total. The Kier molecular flexibility index (Phi) is 4.40. The minimum Gasteiger partial charge on any atom is -0.368 e. The molecule has 6 heteroatoms. The summed E-state index contributed by atoms with van der Waals surface area (Å²) in [5, 5.41) is 4.22. The molecular formula is C12H19BrN4O. The first-order chi connectivity index (χ1) is 8.63. The smallest absolute Gasteiger partial charge is 0.283 e. The molecule has 1 saturated heterocycles. The van der Waals surface area contributed by atoms with Gasteiger partial charge >= 0.3 is 0 Å². The van der Waals surface area contributed by atoms with Gasteiger partial charge in [-0.3, -0.25) is 4.79 Å². The highest BCUT2D eigenvalue weighted by Crippen LogP contribution is 2.24. The van der Waals surface area contributed by atoms with Crippen LogP contribution in [0.2, 0.25) is 0 Å². The van der Waals surface area contributed by atoms with Gasteiger partial charge in [-0.15, -0.1) is 0 Å². The van der Waals surface area contributed by atoms with Crippen LogP contribution in [-0.2, 0) is 6.54 Å². The Hall–Kier alpha value is -0.880. The van der Waals surface area contributed by atoms with Gasteiger partial charge in [0, 0.05) is 25.7 Å². The average molecular weight is 315 g/mol. The number of anilines is 1. The van der Waals surface area contributed by atoms with Crippen LogP contribution in [0.4, 0.5) is 5.69 Å². The predicted octanol–water partition coefficient (Wildman–Crippen LogP) is 1.34. The van der Waals surface area contributed by atoms with Crippen LogP contribution in [0.5, 0.6) is 0 Å². The minimum absolute atomic E-state index is 0.0616. The first kappa shape index (κ1) is 13.5. The second-order valence-electron chi connectivity index (χ2n) is 4.72. The van der Waals surface area contributed by atoms with Crippen molar-refractivity contribution in [3.05, 3.63) is 21.0 Å². The van der Waals surface area contributed by atoms with E-state index in [1.807, 2.05) is 6.92 Å². The lowest BCUT2D eigenvalue weighted by Crippen LogP contribution is -2.43. The molecule has 2 N–H and O–H groups in total. The molecule has 1 atom stereocenters. The van der Waals surface area contributed by atoms with E-state index in [4.69, 9.17) is 5.73 Å². The van der Waals surface area contributed by atoms with Crippen LogP contribution in [0.25, 0.3) is 0 Å². The molecule has 0 saturated carbocycles. The van der Waals surface area contributed by atoms with Gasteiger partial charge in [0.25, 0.3) is 5.56 Å². The standard InChI is InChI=1S/C12H19BrN4O/c1-2-5-17-12(18)11(13)10(7-15-17)16-6-3-4-9(14)8-16/h7,9H,2-6,8,14H2,1H3/t9-/m1/s1. The van der Waals surface area contributed by atoms with Gasteiger partial charge in [0.1, 0.15) is 4.47 Å². The summed E-state index contributed by atoms with van der Waals surface area (Å²) in [6.07, 6.45) is 4.77. The van der Waals surface area contributed by atoms with E-state index < -0.39 is 0 Å². The molecule has 0 aromatic carbocycles. The highest BCUT2D eigenvalue weighted by molar-refractivity contribution is 9.10. The number of nitrogens with two attached hydrogens (primary N) is 1. The molecule has 1 aromatic heterocycles. The molecule has 100 valence electrons. The van der Waals surface area contributed by atoms with Gasteiger partial charge in [-0.05, 0) is 35.2 Å². The molecule has 0 unspecified atom stereocenters. The number of halogens is 1. The van der Waals surface area contributed by atoms with Crippen LogP contribution in [0.1, 0.15) is 26.2 Å². The van der Waals surface area contributed by atoms with E-state index in [0.29, 0.717) is 11.0 Å². The zero-order valence-corrected chi connectivity index (χ0v) is 12.2. The lowest BCUT2D eigenvalue weighted by atomic mass is 10.1. The summed E-state index contributed by atoms with van der Waals surface area (Å²) in [5.41, 5.74) is 6.77. The van der Waals surface area contributed by atoms with Gasteiger partial charge in [-0.2, -0.15) is 5.10 Å². The number of aromatic nitrogens is 2. The van der Waals surface area contributed by atoms with Crippen LogP contribution < -0.4 is 16.2 Å². The number of nitrogens with zero attached hydrogens (tertiary/aromatic N) is 3. The number of aryl methyl sites for hydroxylation is 1. The molecule has 0 amide bonds. The Labute approximate surface area is 115 Å². The molecular weight excluding hydrogens is 296 g/mol. The first-order valence-electron chi connectivity index (χ1n) is 6.39. The first-order valence-corrected chi connectivity index (χ1v) is 7.19. The minimum atomic E-state index is -0.0616. The molecule has 0 radical (unpaired) electrons. The van der Waals surface area contributed by atoms with Crippen molar-refractivity contribution in [1.29, 1.82) is 0 Å². The lowest BCUT2D eigenvalue weighted by Gasteiger charge is -2.32. The van der Waals surface area contributed by atoms with E-state index in [1.165, 1.54) is 4.68 Å². The monoisotopic (exact) mass is 314 g/mol. The number of rotatable bonds is 3. The molecule has 1 aromatic rings. The van der Waals surface area contributed by atoms with Crippen LogP contribution in [0, 0.1) is 0 Å². The van der Waals surface area contributed by atoms with Crippen molar-refractivity contribution in [2.24, 2.45) is 5.73 Å². The fourth-order valence-corrected chi connectivity index (χ4v) is 2.83. The molecule has 0 aliphatic carbocycles. The Morgan fingerprint density at radius 2 is 2.39 bits per heavy atom. The van der Waals surface area contributed by atoms with Crippen molar-refractivity contribution in [2.45, 2.75) is 38.8 Å². The average Bonchev–Trinajstić information content (AvgIpc) is 2.35. The number of piperidine rings is 1. The second kappa shape index (κ2) is 5.84. The third-order valence-corrected chi connectivity index (χ3v) is 3.95. The van der Waals surface area contributed by atoms with E-state index in [2.05, 4.69) is 25.9 Å². The van der Waals surface area contributed by atoms with Gasteiger partial charge in [0.2, 0.25) is 0 Å². The Morgan fingerprint density at radius 3 is 3.06 bits per heavy atom. The zero-order chi connectivity index (χ0) is 13.1. The summed E-state index contributed by atoms with van der Waals surface area (Å²) in [7, 11) is 0. The Bertz CT molecular complexity index is 474. The topological polar surface area (TPSA) is 64.2 Å². The van der Waals surface area contributed by atoms with Crippen molar-refractivity contribution in [2.75, 3.05) is 18.0 Å². The summed E-state index contributed by atoms with van der Waals surface area (Å²) >= 11 is 3.40.